The molecule has 176 valence electrons. The standard InChI is InChI=1S/C28H43N3O/c1-18-5-8-25(19(2)16-31-17-20(14-29)15-30-31)28(4)12-10-23-22-9-11-27(3,32)13-21(22)6-7-24(23)26(18)28/h15,17-19,21-26,32H,5-13,16H2,1-4H3/t18-,19+,21-,22+,23-,24-,25-,26+,27-,28-/m1/s1. The average Bonchev–Trinajstić information content (AvgIpc) is 3.19. The molecular formula is C28H43N3O. The van der Waals surface area contributed by atoms with Gasteiger partial charge in [-0.2, -0.15) is 10.4 Å². The van der Waals surface area contributed by atoms with E-state index in [2.05, 4.69) is 38.9 Å². The van der Waals surface area contributed by atoms with Gasteiger partial charge in [-0.3, -0.25) is 4.68 Å². The molecule has 10 atom stereocenters. The fraction of sp³-hybridized carbons (Fsp3) is 0.857. The number of rotatable bonds is 3. The lowest BCUT2D eigenvalue weighted by Crippen LogP contribution is -2.56. The number of aliphatic hydroxyl groups is 1. The second kappa shape index (κ2) is 8.15. The van der Waals surface area contributed by atoms with Gasteiger partial charge in [0.25, 0.3) is 0 Å². The Bertz CT molecular complexity index is 868. The molecule has 4 heteroatoms. The molecule has 0 bridgehead atoms. The van der Waals surface area contributed by atoms with Crippen LogP contribution in [0.2, 0.25) is 0 Å². The molecule has 0 spiro atoms. The predicted octanol–water partition coefficient (Wildman–Crippen LogP) is 6.05. The zero-order valence-electron chi connectivity index (χ0n) is 20.6. The summed E-state index contributed by atoms with van der Waals surface area (Å²) in [5, 5.41) is 24.3. The number of hydrogen-bond acceptors (Lipinski definition) is 3. The lowest BCUT2D eigenvalue weighted by molar-refractivity contribution is -0.151. The highest BCUT2D eigenvalue weighted by molar-refractivity contribution is 5.21. The maximum Gasteiger partial charge on any atom is 0.102 e. The molecule has 1 heterocycles. The van der Waals surface area contributed by atoms with Crippen molar-refractivity contribution in [3.63, 3.8) is 0 Å². The zero-order chi connectivity index (χ0) is 22.7. The molecule has 0 aromatic carbocycles. The molecule has 4 fully saturated rings. The number of aromatic nitrogens is 2. The Morgan fingerprint density at radius 2 is 1.91 bits per heavy atom. The summed E-state index contributed by atoms with van der Waals surface area (Å²) in [6.07, 6.45) is 15.1. The van der Waals surface area contributed by atoms with Crippen LogP contribution in [0.5, 0.6) is 0 Å². The summed E-state index contributed by atoms with van der Waals surface area (Å²) in [4.78, 5) is 0. The highest BCUT2D eigenvalue weighted by Gasteiger charge is 2.58. The number of fused-ring (bicyclic) bond motifs is 5. The Morgan fingerprint density at radius 3 is 2.66 bits per heavy atom. The van der Waals surface area contributed by atoms with E-state index >= 15 is 0 Å². The molecule has 4 aliphatic carbocycles. The molecule has 4 saturated carbocycles. The SMILES string of the molecule is C[C@@H]1CC[C@H]([C@@H](C)Cn2cc(C#N)cn2)[C@@]2(C)CC[C@H]3[C@@H](CC[C@@H]4C[C@](C)(O)CC[C@@H]43)[C@H]12. The highest BCUT2D eigenvalue weighted by Crippen LogP contribution is 2.65. The van der Waals surface area contributed by atoms with Gasteiger partial charge in [-0.05, 0) is 111 Å². The molecule has 1 aromatic rings. The molecule has 0 amide bonds. The number of nitriles is 1. The Balaban J connectivity index is 1.36. The van der Waals surface area contributed by atoms with Crippen LogP contribution in [0.25, 0.3) is 0 Å². The minimum atomic E-state index is -0.423. The third kappa shape index (κ3) is 3.73. The average molecular weight is 438 g/mol. The van der Waals surface area contributed by atoms with Crippen molar-refractivity contribution in [2.24, 2.45) is 52.8 Å². The first-order chi connectivity index (χ1) is 15.2. The van der Waals surface area contributed by atoms with Gasteiger partial charge in [0.2, 0.25) is 0 Å². The van der Waals surface area contributed by atoms with Gasteiger partial charge in [-0.15, -0.1) is 0 Å². The van der Waals surface area contributed by atoms with Crippen LogP contribution in [-0.4, -0.2) is 20.5 Å². The normalized spacial score (nSPS) is 46.9. The lowest BCUT2D eigenvalue weighted by Gasteiger charge is -2.63. The Kier molecular flexibility index (Phi) is 5.72. The maximum absolute atomic E-state index is 10.7. The van der Waals surface area contributed by atoms with Crippen LogP contribution in [0.4, 0.5) is 0 Å². The summed E-state index contributed by atoms with van der Waals surface area (Å²) in [5.41, 5.74) is 0.673. The molecule has 0 unspecified atom stereocenters. The van der Waals surface area contributed by atoms with Crippen LogP contribution < -0.4 is 0 Å². The topological polar surface area (TPSA) is 61.8 Å². The van der Waals surface area contributed by atoms with Gasteiger partial charge in [-0.1, -0.05) is 27.2 Å². The zero-order valence-corrected chi connectivity index (χ0v) is 20.6. The van der Waals surface area contributed by atoms with Crippen molar-refractivity contribution in [1.82, 2.24) is 9.78 Å². The molecule has 1 aromatic heterocycles. The molecule has 32 heavy (non-hydrogen) atoms. The van der Waals surface area contributed by atoms with Gasteiger partial charge in [0, 0.05) is 12.7 Å². The van der Waals surface area contributed by atoms with Crippen molar-refractivity contribution in [2.75, 3.05) is 0 Å². The van der Waals surface area contributed by atoms with Crippen LogP contribution in [0.1, 0.15) is 91.0 Å². The first kappa shape index (κ1) is 22.5. The second-order valence-corrected chi connectivity index (χ2v) is 12.8. The van der Waals surface area contributed by atoms with Gasteiger partial charge in [0.05, 0.1) is 17.4 Å². The summed E-state index contributed by atoms with van der Waals surface area (Å²) >= 11 is 0. The third-order valence-electron chi connectivity index (χ3n) is 10.9. The monoisotopic (exact) mass is 437 g/mol. The summed E-state index contributed by atoms with van der Waals surface area (Å²) in [5.74, 6) is 6.39. The van der Waals surface area contributed by atoms with Crippen molar-refractivity contribution in [3.8, 4) is 6.07 Å². The van der Waals surface area contributed by atoms with Crippen molar-refractivity contribution in [3.05, 3.63) is 18.0 Å². The third-order valence-corrected chi connectivity index (χ3v) is 10.9. The first-order valence-corrected chi connectivity index (χ1v) is 13.4. The Hall–Kier alpha value is -1.34. The van der Waals surface area contributed by atoms with Crippen LogP contribution >= 0.6 is 0 Å². The number of hydrogen-bond donors (Lipinski definition) is 1. The lowest BCUT2D eigenvalue weighted by atomic mass is 9.42. The largest absolute Gasteiger partial charge is 0.390 e. The summed E-state index contributed by atoms with van der Waals surface area (Å²) in [6.45, 7) is 10.6. The summed E-state index contributed by atoms with van der Waals surface area (Å²) < 4.78 is 2.00. The second-order valence-electron chi connectivity index (χ2n) is 12.8. The van der Waals surface area contributed by atoms with Crippen LogP contribution in [-0.2, 0) is 6.54 Å². The smallest absolute Gasteiger partial charge is 0.102 e. The van der Waals surface area contributed by atoms with Crippen molar-refractivity contribution < 1.29 is 5.11 Å². The highest BCUT2D eigenvalue weighted by atomic mass is 16.3. The van der Waals surface area contributed by atoms with Gasteiger partial charge in [0.1, 0.15) is 6.07 Å². The molecular weight excluding hydrogens is 394 g/mol. The van der Waals surface area contributed by atoms with Crippen molar-refractivity contribution >= 4 is 0 Å². The van der Waals surface area contributed by atoms with E-state index in [1.165, 1.54) is 44.9 Å². The fourth-order valence-corrected chi connectivity index (χ4v) is 9.69. The van der Waals surface area contributed by atoms with Crippen LogP contribution in [0.15, 0.2) is 12.4 Å². The van der Waals surface area contributed by atoms with E-state index in [-0.39, 0.29) is 0 Å². The minimum Gasteiger partial charge on any atom is -0.390 e. The Labute approximate surface area is 194 Å². The molecule has 0 saturated heterocycles. The van der Waals surface area contributed by atoms with E-state index in [9.17, 15) is 5.11 Å². The Morgan fingerprint density at radius 1 is 1.12 bits per heavy atom. The van der Waals surface area contributed by atoms with E-state index in [1.54, 1.807) is 6.20 Å². The molecule has 0 aliphatic heterocycles. The van der Waals surface area contributed by atoms with Gasteiger partial charge in [0.15, 0.2) is 0 Å². The summed E-state index contributed by atoms with van der Waals surface area (Å²) in [6, 6.07) is 2.22. The van der Waals surface area contributed by atoms with Gasteiger partial charge >= 0.3 is 0 Å². The maximum atomic E-state index is 10.7. The molecule has 4 aliphatic rings. The van der Waals surface area contributed by atoms with Crippen molar-refractivity contribution in [2.45, 2.75) is 97.6 Å². The van der Waals surface area contributed by atoms with E-state index in [4.69, 9.17) is 5.26 Å². The minimum absolute atomic E-state index is 0.423. The molecule has 0 radical (unpaired) electrons. The van der Waals surface area contributed by atoms with Gasteiger partial charge in [-0.25, -0.2) is 0 Å². The molecule has 5 rings (SSSR count). The van der Waals surface area contributed by atoms with Crippen molar-refractivity contribution in [1.29, 1.82) is 5.26 Å². The number of nitrogens with zero attached hydrogens (tertiary/aromatic N) is 3. The molecule has 1 N–H and O–H groups in total. The van der Waals surface area contributed by atoms with E-state index in [0.29, 0.717) is 16.9 Å². The van der Waals surface area contributed by atoms with Gasteiger partial charge < -0.3 is 5.11 Å². The van der Waals surface area contributed by atoms with Crippen LogP contribution in [0.3, 0.4) is 0 Å². The van der Waals surface area contributed by atoms with E-state index < -0.39 is 5.60 Å². The summed E-state index contributed by atoms with van der Waals surface area (Å²) in [7, 11) is 0. The predicted molar refractivity (Wildman–Crippen MR) is 126 cm³/mol. The first-order valence-electron chi connectivity index (χ1n) is 13.4. The van der Waals surface area contributed by atoms with E-state index in [0.717, 1.165) is 60.8 Å². The van der Waals surface area contributed by atoms with E-state index in [1.807, 2.05) is 10.9 Å². The fourth-order valence-electron chi connectivity index (χ4n) is 9.69. The quantitative estimate of drug-likeness (QED) is 0.626. The molecule has 4 nitrogen and oxygen atoms in total. The van der Waals surface area contributed by atoms with Crippen LogP contribution in [0, 0.1) is 64.1 Å².